The van der Waals surface area contributed by atoms with Gasteiger partial charge in [0.05, 0.1) is 13.7 Å². The van der Waals surface area contributed by atoms with Gasteiger partial charge in [-0.2, -0.15) is 0 Å². The summed E-state index contributed by atoms with van der Waals surface area (Å²) in [6.45, 7) is 5.19. The standard InChI is InChI=1S/C25H36N4O3/c1-4-26-24(29-19-25(14-15-30-2)12-5-6-13-25)28-18-20-10-11-23(27-17-20)32-22-9-7-8-21(16-22)31-3/h7-11,16-17H,4-6,12-15,18-19H2,1-3H3,(H2,26,28,29). The first-order valence-corrected chi connectivity index (χ1v) is 11.4. The third-order valence-electron chi connectivity index (χ3n) is 5.96. The van der Waals surface area contributed by atoms with Crippen molar-refractivity contribution in [2.75, 3.05) is 33.9 Å². The van der Waals surface area contributed by atoms with Crippen molar-refractivity contribution in [3.63, 3.8) is 0 Å². The minimum atomic E-state index is 0.312. The predicted molar refractivity (Wildman–Crippen MR) is 128 cm³/mol. The molecule has 7 nitrogen and oxygen atoms in total. The van der Waals surface area contributed by atoms with Crippen LogP contribution in [0.4, 0.5) is 0 Å². The Kier molecular flexibility index (Phi) is 9.16. The Morgan fingerprint density at radius 3 is 2.59 bits per heavy atom. The van der Waals surface area contributed by atoms with Gasteiger partial charge in [-0.3, -0.25) is 0 Å². The topological polar surface area (TPSA) is 77.0 Å². The quantitative estimate of drug-likeness (QED) is 0.395. The summed E-state index contributed by atoms with van der Waals surface area (Å²) < 4.78 is 16.4. The molecule has 2 N–H and O–H groups in total. The number of methoxy groups -OCH3 is 2. The van der Waals surface area contributed by atoms with Crippen molar-refractivity contribution in [1.29, 1.82) is 0 Å². The Morgan fingerprint density at radius 1 is 1.09 bits per heavy atom. The first kappa shape index (κ1) is 23.9. The van der Waals surface area contributed by atoms with Gasteiger partial charge in [-0.25, -0.2) is 9.98 Å². The molecule has 3 rings (SSSR count). The first-order chi connectivity index (χ1) is 15.7. The molecule has 1 saturated carbocycles. The van der Waals surface area contributed by atoms with Crippen molar-refractivity contribution in [1.82, 2.24) is 15.6 Å². The van der Waals surface area contributed by atoms with Gasteiger partial charge in [0, 0.05) is 45.1 Å². The zero-order valence-corrected chi connectivity index (χ0v) is 19.5. The number of ether oxygens (including phenoxy) is 3. The maximum atomic E-state index is 5.82. The van der Waals surface area contributed by atoms with Crippen molar-refractivity contribution in [2.45, 2.75) is 45.6 Å². The molecular weight excluding hydrogens is 404 g/mol. The van der Waals surface area contributed by atoms with E-state index in [1.807, 2.05) is 36.4 Å². The minimum Gasteiger partial charge on any atom is -0.497 e. The van der Waals surface area contributed by atoms with Crippen LogP contribution in [0.2, 0.25) is 0 Å². The molecule has 0 saturated heterocycles. The molecule has 1 fully saturated rings. The fourth-order valence-electron chi connectivity index (χ4n) is 4.09. The van der Waals surface area contributed by atoms with E-state index in [1.165, 1.54) is 25.7 Å². The number of aromatic nitrogens is 1. The van der Waals surface area contributed by atoms with Crippen LogP contribution in [0.15, 0.2) is 47.6 Å². The van der Waals surface area contributed by atoms with E-state index in [2.05, 4.69) is 22.5 Å². The number of guanidine groups is 1. The van der Waals surface area contributed by atoms with Gasteiger partial charge in [0.25, 0.3) is 0 Å². The molecular formula is C25H36N4O3. The van der Waals surface area contributed by atoms with Crippen molar-refractivity contribution >= 4 is 5.96 Å². The Morgan fingerprint density at radius 2 is 1.91 bits per heavy atom. The van der Waals surface area contributed by atoms with E-state index in [0.717, 1.165) is 43.4 Å². The fourth-order valence-corrected chi connectivity index (χ4v) is 4.09. The minimum absolute atomic E-state index is 0.312. The van der Waals surface area contributed by atoms with Gasteiger partial charge < -0.3 is 24.8 Å². The van der Waals surface area contributed by atoms with E-state index >= 15 is 0 Å². The highest BCUT2D eigenvalue weighted by atomic mass is 16.5. The molecule has 0 bridgehead atoms. The highest BCUT2D eigenvalue weighted by Gasteiger charge is 2.33. The summed E-state index contributed by atoms with van der Waals surface area (Å²) in [6.07, 6.45) is 8.00. The smallest absolute Gasteiger partial charge is 0.219 e. The summed E-state index contributed by atoms with van der Waals surface area (Å²) in [5.74, 6) is 2.82. The third kappa shape index (κ3) is 7.12. The van der Waals surface area contributed by atoms with Crippen LogP contribution >= 0.6 is 0 Å². The number of nitrogens with zero attached hydrogens (tertiary/aromatic N) is 2. The number of hydrogen-bond acceptors (Lipinski definition) is 5. The maximum absolute atomic E-state index is 5.82. The molecule has 1 aliphatic carbocycles. The molecule has 0 unspecified atom stereocenters. The van der Waals surface area contributed by atoms with Crippen LogP contribution in [-0.2, 0) is 11.3 Å². The van der Waals surface area contributed by atoms with Crippen molar-refractivity contribution in [3.05, 3.63) is 48.2 Å². The second kappa shape index (κ2) is 12.3. The van der Waals surface area contributed by atoms with Crippen LogP contribution in [0.25, 0.3) is 0 Å². The molecule has 0 atom stereocenters. The van der Waals surface area contributed by atoms with Crippen molar-refractivity contribution in [2.24, 2.45) is 10.4 Å². The fraction of sp³-hybridized carbons (Fsp3) is 0.520. The van der Waals surface area contributed by atoms with Crippen molar-refractivity contribution in [3.8, 4) is 17.4 Å². The lowest BCUT2D eigenvalue weighted by Gasteiger charge is -2.30. The van der Waals surface area contributed by atoms with Gasteiger partial charge in [-0.1, -0.05) is 25.0 Å². The van der Waals surface area contributed by atoms with E-state index in [4.69, 9.17) is 19.2 Å². The molecule has 0 amide bonds. The molecule has 0 aliphatic heterocycles. The first-order valence-electron chi connectivity index (χ1n) is 11.4. The molecule has 0 radical (unpaired) electrons. The zero-order valence-electron chi connectivity index (χ0n) is 19.5. The molecule has 174 valence electrons. The Balaban J connectivity index is 1.57. The molecule has 0 spiro atoms. The van der Waals surface area contributed by atoms with Crippen LogP contribution in [0, 0.1) is 5.41 Å². The lowest BCUT2D eigenvalue weighted by molar-refractivity contribution is 0.138. The highest BCUT2D eigenvalue weighted by Crippen LogP contribution is 2.40. The molecule has 1 heterocycles. The Bertz CT molecular complexity index is 849. The molecule has 32 heavy (non-hydrogen) atoms. The molecule has 1 aromatic carbocycles. The lowest BCUT2D eigenvalue weighted by Crippen LogP contribution is -2.43. The average molecular weight is 441 g/mol. The van der Waals surface area contributed by atoms with E-state index in [9.17, 15) is 0 Å². The SMILES string of the molecule is CCNC(=NCc1ccc(Oc2cccc(OC)c2)nc1)NCC1(CCOC)CCCC1. The van der Waals surface area contributed by atoms with Crippen LogP contribution in [-0.4, -0.2) is 44.9 Å². The number of nitrogens with one attached hydrogen (secondary N) is 2. The number of benzene rings is 1. The average Bonchev–Trinajstić information content (AvgIpc) is 3.30. The van der Waals surface area contributed by atoms with Crippen LogP contribution in [0.1, 0.15) is 44.6 Å². The predicted octanol–water partition coefficient (Wildman–Crippen LogP) is 4.53. The Labute approximate surface area is 191 Å². The third-order valence-corrected chi connectivity index (χ3v) is 5.96. The van der Waals surface area contributed by atoms with Gasteiger partial charge in [-0.05, 0) is 49.3 Å². The van der Waals surface area contributed by atoms with Crippen LogP contribution in [0.5, 0.6) is 17.4 Å². The lowest BCUT2D eigenvalue weighted by atomic mass is 9.83. The number of rotatable bonds is 11. The van der Waals surface area contributed by atoms with E-state index in [-0.39, 0.29) is 0 Å². The van der Waals surface area contributed by atoms with Gasteiger partial charge in [0.1, 0.15) is 11.5 Å². The van der Waals surface area contributed by atoms with Crippen LogP contribution < -0.4 is 20.1 Å². The van der Waals surface area contributed by atoms with Gasteiger partial charge >= 0.3 is 0 Å². The maximum Gasteiger partial charge on any atom is 0.219 e. The summed E-state index contributed by atoms with van der Waals surface area (Å²) in [5.41, 5.74) is 1.34. The molecule has 2 aromatic rings. The summed E-state index contributed by atoms with van der Waals surface area (Å²) in [5, 5.41) is 6.92. The summed E-state index contributed by atoms with van der Waals surface area (Å²) >= 11 is 0. The van der Waals surface area contributed by atoms with Crippen LogP contribution in [0.3, 0.4) is 0 Å². The molecule has 1 aliphatic rings. The van der Waals surface area contributed by atoms with Crippen molar-refractivity contribution < 1.29 is 14.2 Å². The van der Waals surface area contributed by atoms with Gasteiger partial charge in [0.15, 0.2) is 5.96 Å². The second-order valence-corrected chi connectivity index (χ2v) is 8.28. The summed E-state index contributed by atoms with van der Waals surface area (Å²) in [4.78, 5) is 9.18. The van der Waals surface area contributed by atoms with E-state index in [0.29, 0.717) is 23.6 Å². The molecule has 7 heteroatoms. The van der Waals surface area contributed by atoms with E-state index < -0.39 is 0 Å². The van der Waals surface area contributed by atoms with Gasteiger partial charge in [0.2, 0.25) is 5.88 Å². The Hall–Kier alpha value is -2.80. The summed E-state index contributed by atoms with van der Waals surface area (Å²) in [7, 11) is 3.42. The summed E-state index contributed by atoms with van der Waals surface area (Å²) in [6, 6.07) is 11.3. The zero-order chi connectivity index (χ0) is 22.7. The highest BCUT2D eigenvalue weighted by molar-refractivity contribution is 5.79. The second-order valence-electron chi connectivity index (χ2n) is 8.28. The number of pyridine rings is 1. The number of hydrogen-bond donors (Lipinski definition) is 2. The number of aliphatic imine (C=N–C) groups is 1. The van der Waals surface area contributed by atoms with Gasteiger partial charge in [-0.15, -0.1) is 0 Å². The molecule has 1 aromatic heterocycles. The van der Waals surface area contributed by atoms with E-state index in [1.54, 1.807) is 20.4 Å². The monoisotopic (exact) mass is 440 g/mol. The largest absolute Gasteiger partial charge is 0.497 e. The normalized spacial score (nSPS) is 15.4.